The van der Waals surface area contributed by atoms with Crippen LogP contribution in [0, 0.1) is 5.92 Å². The van der Waals surface area contributed by atoms with E-state index in [2.05, 4.69) is 10.6 Å². The molecule has 0 aliphatic heterocycles. The van der Waals surface area contributed by atoms with Crippen LogP contribution in [-0.2, 0) is 9.59 Å². The number of halogens is 1. The molecule has 1 amide bonds. The first kappa shape index (κ1) is 18.5. The molecule has 0 spiro atoms. The summed E-state index contributed by atoms with van der Waals surface area (Å²) in [4.78, 5) is 23.2. The molecule has 122 valence electrons. The molecule has 5 nitrogen and oxygen atoms in total. The zero-order valence-corrected chi connectivity index (χ0v) is 13.9. The van der Waals surface area contributed by atoms with Crippen LogP contribution < -0.4 is 10.6 Å². The van der Waals surface area contributed by atoms with Crippen molar-refractivity contribution < 1.29 is 14.7 Å². The van der Waals surface area contributed by atoms with Crippen LogP contribution in [0.4, 0.5) is 0 Å². The van der Waals surface area contributed by atoms with Crippen LogP contribution in [-0.4, -0.2) is 29.6 Å². The Morgan fingerprint density at radius 3 is 2.45 bits per heavy atom. The molecule has 1 aromatic carbocycles. The van der Waals surface area contributed by atoms with Crippen molar-refractivity contribution in [1.82, 2.24) is 10.6 Å². The normalized spacial score (nSPS) is 14.9. The maximum Gasteiger partial charge on any atom is 0.320 e. The molecule has 0 bridgehead atoms. The Labute approximate surface area is 136 Å². The van der Waals surface area contributed by atoms with Crippen molar-refractivity contribution in [3.8, 4) is 0 Å². The molecule has 0 saturated carbocycles. The second-order valence-corrected chi connectivity index (χ2v) is 5.80. The van der Waals surface area contributed by atoms with Gasteiger partial charge in [0.1, 0.15) is 6.04 Å². The standard InChI is InChI=1S/C16H23ClN2O3/c1-4-10(2)15(16(21)22)18-9-14(20)19-11(3)12-7-5-6-8-13(12)17/h5-8,10-11,15,18H,4,9H2,1-3H3,(H,19,20)(H,21,22)/t10-,11?,15-/m0/s1. The first-order chi connectivity index (χ1) is 10.4. The Morgan fingerprint density at radius 1 is 1.27 bits per heavy atom. The third-order valence-corrected chi connectivity index (χ3v) is 4.05. The van der Waals surface area contributed by atoms with Gasteiger partial charge in [-0.3, -0.25) is 14.9 Å². The van der Waals surface area contributed by atoms with Crippen molar-refractivity contribution in [1.29, 1.82) is 0 Å². The molecule has 1 aromatic rings. The highest BCUT2D eigenvalue weighted by atomic mass is 35.5. The molecule has 6 heteroatoms. The second-order valence-electron chi connectivity index (χ2n) is 5.39. The number of amides is 1. The summed E-state index contributed by atoms with van der Waals surface area (Å²) in [5, 5.41) is 15.4. The van der Waals surface area contributed by atoms with E-state index in [0.717, 1.165) is 12.0 Å². The fraction of sp³-hybridized carbons (Fsp3) is 0.500. The number of nitrogens with one attached hydrogen (secondary N) is 2. The van der Waals surface area contributed by atoms with Crippen molar-refractivity contribution in [2.24, 2.45) is 5.92 Å². The SMILES string of the molecule is CC[C@H](C)[C@H](NCC(=O)NC(C)c1ccccc1Cl)C(=O)O. The minimum absolute atomic E-state index is 0.0455. The fourth-order valence-electron chi connectivity index (χ4n) is 2.17. The topological polar surface area (TPSA) is 78.4 Å². The monoisotopic (exact) mass is 326 g/mol. The number of rotatable bonds is 8. The quantitative estimate of drug-likeness (QED) is 0.686. The van der Waals surface area contributed by atoms with E-state index in [0.29, 0.717) is 5.02 Å². The number of hydrogen-bond donors (Lipinski definition) is 3. The molecule has 3 N–H and O–H groups in total. The van der Waals surface area contributed by atoms with Crippen LogP contribution in [0.25, 0.3) is 0 Å². The lowest BCUT2D eigenvalue weighted by Crippen LogP contribution is -2.46. The minimum Gasteiger partial charge on any atom is -0.480 e. The van der Waals surface area contributed by atoms with Gasteiger partial charge >= 0.3 is 5.97 Å². The lowest BCUT2D eigenvalue weighted by atomic mass is 9.99. The van der Waals surface area contributed by atoms with Gasteiger partial charge < -0.3 is 10.4 Å². The third-order valence-electron chi connectivity index (χ3n) is 3.71. The first-order valence-corrected chi connectivity index (χ1v) is 7.74. The number of benzene rings is 1. The molecule has 0 radical (unpaired) electrons. The van der Waals surface area contributed by atoms with E-state index in [-0.39, 0.29) is 24.4 Å². The number of carboxylic acids is 1. The van der Waals surface area contributed by atoms with Crippen molar-refractivity contribution in [3.63, 3.8) is 0 Å². The number of aliphatic carboxylic acids is 1. The number of carbonyl (C=O) groups excluding carboxylic acids is 1. The summed E-state index contributed by atoms with van der Waals surface area (Å²) in [6.07, 6.45) is 0.724. The van der Waals surface area contributed by atoms with E-state index in [4.69, 9.17) is 11.6 Å². The highest BCUT2D eigenvalue weighted by Gasteiger charge is 2.23. The molecular weight excluding hydrogens is 304 g/mol. The third kappa shape index (κ3) is 5.31. The predicted octanol–water partition coefficient (Wildman–Crippen LogP) is 2.61. The molecule has 1 rings (SSSR count). The van der Waals surface area contributed by atoms with Gasteiger partial charge in [-0.05, 0) is 24.5 Å². The molecule has 0 aliphatic rings. The van der Waals surface area contributed by atoms with Crippen LogP contribution in [0.3, 0.4) is 0 Å². The summed E-state index contributed by atoms with van der Waals surface area (Å²) in [6, 6.07) is 6.32. The average molecular weight is 327 g/mol. The predicted molar refractivity (Wildman–Crippen MR) is 86.9 cm³/mol. The van der Waals surface area contributed by atoms with Crippen molar-refractivity contribution in [3.05, 3.63) is 34.9 Å². The number of carboxylic acid groups (broad SMARTS) is 1. The Kier molecular flexibility index (Phi) is 7.35. The summed E-state index contributed by atoms with van der Waals surface area (Å²) in [6.45, 7) is 5.55. The van der Waals surface area contributed by atoms with Gasteiger partial charge in [-0.15, -0.1) is 0 Å². The van der Waals surface area contributed by atoms with E-state index in [1.165, 1.54) is 0 Å². The van der Waals surface area contributed by atoms with Gasteiger partial charge in [-0.25, -0.2) is 0 Å². The molecule has 3 atom stereocenters. The Morgan fingerprint density at radius 2 is 1.91 bits per heavy atom. The highest BCUT2D eigenvalue weighted by Crippen LogP contribution is 2.21. The van der Waals surface area contributed by atoms with Crippen LogP contribution in [0.2, 0.25) is 5.02 Å². The molecule has 0 aromatic heterocycles. The van der Waals surface area contributed by atoms with Crippen molar-refractivity contribution >= 4 is 23.5 Å². The Balaban J connectivity index is 2.56. The van der Waals surface area contributed by atoms with Gasteiger partial charge in [-0.2, -0.15) is 0 Å². The van der Waals surface area contributed by atoms with Gasteiger partial charge in [0.25, 0.3) is 0 Å². The molecule has 0 heterocycles. The average Bonchev–Trinajstić information content (AvgIpc) is 2.46. The van der Waals surface area contributed by atoms with Crippen LogP contribution in [0.1, 0.15) is 38.8 Å². The lowest BCUT2D eigenvalue weighted by molar-refractivity contribution is -0.141. The molecular formula is C16H23ClN2O3. The fourth-order valence-corrected chi connectivity index (χ4v) is 2.47. The zero-order chi connectivity index (χ0) is 16.7. The van der Waals surface area contributed by atoms with Gasteiger partial charge in [0.05, 0.1) is 12.6 Å². The Bertz CT molecular complexity index is 522. The molecule has 22 heavy (non-hydrogen) atoms. The Hall–Kier alpha value is -1.59. The first-order valence-electron chi connectivity index (χ1n) is 7.36. The highest BCUT2D eigenvalue weighted by molar-refractivity contribution is 6.31. The van der Waals surface area contributed by atoms with Crippen molar-refractivity contribution in [2.75, 3.05) is 6.54 Å². The van der Waals surface area contributed by atoms with Crippen molar-refractivity contribution in [2.45, 2.75) is 39.3 Å². The van der Waals surface area contributed by atoms with E-state index in [1.54, 1.807) is 6.07 Å². The summed E-state index contributed by atoms with van der Waals surface area (Å²) in [7, 11) is 0. The maximum absolute atomic E-state index is 12.0. The summed E-state index contributed by atoms with van der Waals surface area (Å²) in [5.74, 6) is -1.26. The second kappa shape index (κ2) is 8.76. The molecule has 0 fully saturated rings. The van der Waals surface area contributed by atoms with Gasteiger partial charge in [-0.1, -0.05) is 50.1 Å². The summed E-state index contributed by atoms with van der Waals surface area (Å²) >= 11 is 6.09. The molecule has 0 aliphatic carbocycles. The maximum atomic E-state index is 12.0. The van der Waals surface area contributed by atoms with Gasteiger partial charge in [0, 0.05) is 5.02 Å². The van der Waals surface area contributed by atoms with Crippen LogP contribution in [0.15, 0.2) is 24.3 Å². The number of hydrogen-bond acceptors (Lipinski definition) is 3. The summed E-state index contributed by atoms with van der Waals surface area (Å²) < 4.78 is 0. The largest absolute Gasteiger partial charge is 0.480 e. The zero-order valence-electron chi connectivity index (χ0n) is 13.1. The van der Waals surface area contributed by atoms with E-state index < -0.39 is 12.0 Å². The number of carbonyl (C=O) groups is 2. The van der Waals surface area contributed by atoms with Crippen LogP contribution in [0.5, 0.6) is 0 Å². The van der Waals surface area contributed by atoms with Gasteiger partial charge in [0.2, 0.25) is 5.91 Å². The molecule has 1 unspecified atom stereocenters. The van der Waals surface area contributed by atoms with Crippen LogP contribution >= 0.6 is 11.6 Å². The van der Waals surface area contributed by atoms with Gasteiger partial charge in [0.15, 0.2) is 0 Å². The van der Waals surface area contributed by atoms with E-state index >= 15 is 0 Å². The lowest BCUT2D eigenvalue weighted by Gasteiger charge is -2.21. The molecule has 0 saturated heterocycles. The van der Waals surface area contributed by atoms with E-state index in [1.807, 2.05) is 39.0 Å². The summed E-state index contributed by atoms with van der Waals surface area (Å²) in [5.41, 5.74) is 0.828. The smallest absolute Gasteiger partial charge is 0.320 e. The van der Waals surface area contributed by atoms with E-state index in [9.17, 15) is 14.7 Å². The minimum atomic E-state index is -0.943.